The number of hydrogen-bond acceptors (Lipinski definition) is 4. The van der Waals surface area contributed by atoms with E-state index >= 15 is 0 Å². The summed E-state index contributed by atoms with van der Waals surface area (Å²) in [6, 6.07) is 7.36. The Morgan fingerprint density at radius 3 is 2.50 bits per heavy atom. The van der Waals surface area contributed by atoms with E-state index in [1.165, 1.54) is 24.5 Å². The van der Waals surface area contributed by atoms with Crippen LogP contribution >= 0.6 is 11.6 Å². The van der Waals surface area contributed by atoms with Crippen molar-refractivity contribution in [3.63, 3.8) is 0 Å². The molecule has 2 rings (SSSR count). The third-order valence-corrected chi connectivity index (χ3v) is 2.53. The molecule has 0 bridgehead atoms. The molecule has 0 amide bonds. The van der Waals surface area contributed by atoms with Crippen LogP contribution in [0.5, 0.6) is 5.75 Å². The molecular weight excluding hydrogens is 256 g/mol. The molecule has 0 saturated carbocycles. The molecule has 2 aromatic rings. The Balaban J connectivity index is 2.27. The summed E-state index contributed by atoms with van der Waals surface area (Å²) in [7, 11) is 0. The largest absolute Gasteiger partial charge is 0.465 e. The van der Waals surface area contributed by atoms with Crippen molar-refractivity contribution in [3.05, 3.63) is 63.2 Å². The molecule has 0 aliphatic rings. The van der Waals surface area contributed by atoms with Gasteiger partial charge >= 0.3 is 5.97 Å². The fraction of sp³-hybridized carbons (Fsp3) is 0.0769. The molecule has 0 fully saturated rings. The van der Waals surface area contributed by atoms with Gasteiger partial charge in [-0.25, -0.2) is 4.79 Å². The van der Waals surface area contributed by atoms with Gasteiger partial charge in [-0.05, 0) is 31.2 Å². The maximum absolute atomic E-state index is 11.8. The highest BCUT2D eigenvalue weighted by atomic mass is 35.5. The van der Waals surface area contributed by atoms with Gasteiger partial charge in [-0.15, -0.1) is 0 Å². The molecule has 4 nitrogen and oxygen atoms in total. The van der Waals surface area contributed by atoms with Crippen molar-refractivity contribution >= 4 is 17.6 Å². The van der Waals surface area contributed by atoms with Crippen LogP contribution in [0.1, 0.15) is 16.1 Å². The van der Waals surface area contributed by atoms with Crippen molar-refractivity contribution < 1.29 is 13.9 Å². The fourth-order valence-corrected chi connectivity index (χ4v) is 1.49. The molecule has 1 aromatic heterocycles. The lowest BCUT2D eigenvalue weighted by molar-refractivity contribution is 0.0727. The molecule has 0 radical (unpaired) electrons. The summed E-state index contributed by atoms with van der Waals surface area (Å²) in [5, 5.41) is 0.516. The highest BCUT2D eigenvalue weighted by Crippen LogP contribution is 2.15. The molecule has 1 heterocycles. The van der Waals surface area contributed by atoms with Crippen molar-refractivity contribution in [1.82, 2.24) is 0 Å². The molecule has 0 N–H and O–H groups in total. The minimum Gasteiger partial charge on any atom is -0.465 e. The fourth-order valence-electron chi connectivity index (χ4n) is 1.36. The van der Waals surface area contributed by atoms with E-state index in [1.54, 1.807) is 19.1 Å². The molecule has 0 atom stereocenters. The minimum atomic E-state index is -0.631. The Morgan fingerprint density at radius 1 is 1.22 bits per heavy atom. The summed E-state index contributed by atoms with van der Waals surface area (Å²) in [5.74, 6) is -0.476. The van der Waals surface area contributed by atoms with Crippen molar-refractivity contribution in [1.29, 1.82) is 0 Å². The second-order valence-electron chi connectivity index (χ2n) is 3.57. The van der Waals surface area contributed by atoms with Gasteiger partial charge in [0.25, 0.3) is 0 Å². The number of halogens is 1. The topological polar surface area (TPSA) is 56.5 Å². The molecule has 0 saturated heterocycles. The predicted octanol–water partition coefficient (Wildman–Crippen LogP) is 2.82. The zero-order valence-corrected chi connectivity index (χ0v) is 10.2. The van der Waals surface area contributed by atoms with Gasteiger partial charge in [0, 0.05) is 11.1 Å². The average molecular weight is 265 g/mol. The van der Waals surface area contributed by atoms with Crippen molar-refractivity contribution in [2.45, 2.75) is 6.92 Å². The maximum Gasteiger partial charge on any atom is 0.343 e. The first-order chi connectivity index (χ1) is 8.58. The zero-order chi connectivity index (χ0) is 13.1. The lowest BCUT2D eigenvalue weighted by Crippen LogP contribution is -2.15. The van der Waals surface area contributed by atoms with E-state index in [-0.39, 0.29) is 11.5 Å². The van der Waals surface area contributed by atoms with E-state index in [4.69, 9.17) is 20.8 Å². The van der Waals surface area contributed by atoms with Crippen LogP contribution in [0.2, 0.25) is 5.02 Å². The molecular formula is C13H9ClO4. The first kappa shape index (κ1) is 12.4. The van der Waals surface area contributed by atoms with E-state index in [1.807, 2.05) is 0 Å². The van der Waals surface area contributed by atoms with Gasteiger partial charge < -0.3 is 9.15 Å². The third-order valence-electron chi connectivity index (χ3n) is 2.28. The number of aryl methyl sites for hydroxylation is 1. The van der Waals surface area contributed by atoms with Crippen LogP contribution in [-0.2, 0) is 0 Å². The Labute approximate surface area is 108 Å². The van der Waals surface area contributed by atoms with Crippen molar-refractivity contribution in [3.8, 4) is 5.75 Å². The summed E-state index contributed by atoms with van der Waals surface area (Å²) in [4.78, 5) is 23.3. The second kappa shape index (κ2) is 5.06. The average Bonchev–Trinajstić information content (AvgIpc) is 2.34. The molecule has 18 heavy (non-hydrogen) atoms. The zero-order valence-electron chi connectivity index (χ0n) is 9.48. The molecule has 0 spiro atoms. The Bertz CT molecular complexity index is 628. The number of carbonyl (C=O) groups excluding carboxylic acids is 1. The highest BCUT2D eigenvalue weighted by Gasteiger charge is 2.13. The summed E-state index contributed by atoms with van der Waals surface area (Å²) >= 11 is 5.71. The standard InChI is InChI=1S/C13H9ClO4/c1-8-12(11(15)6-7-17-8)18-13(16)9-2-4-10(14)5-3-9/h2-7H,1H3. The third kappa shape index (κ3) is 2.60. The van der Waals surface area contributed by atoms with Crippen molar-refractivity contribution in [2.24, 2.45) is 0 Å². The van der Waals surface area contributed by atoms with Gasteiger partial charge in [0.15, 0.2) is 0 Å². The van der Waals surface area contributed by atoms with Gasteiger partial charge in [0.1, 0.15) is 5.76 Å². The van der Waals surface area contributed by atoms with Crippen LogP contribution in [0.25, 0.3) is 0 Å². The SMILES string of the molecule is Cc1occc(=O)c1OC(=O)c1ccc(Cl)cc1. The molecule has 1 aromatic carbocycles. The second-order valence-corrected chi connectivity index (χ2v) is 4.00. The Kier molecular flexibility index (Phi) is 3.48. The van der Waals surface area contributed by atoms with E-state index in [0.717, 1.165) is 0 Å². The van der Waals surface area contributed by atoms with E-state index in [2.05, 4.69) is 0 Å². The van der Waals surface area contributed by atoms with Crippen molar-refractivity contribution in [2.75, 3.05) is 0 Å². The monoisotopic (exact) mass is 264 g/mol. The molecule has 0 aliphatic heterocycles. The lowest BCUT2D eigenvalue weighted by Gasteiger charge is -2.05. The van der Waals surface area contributed by atoms with Crippen LogP contribution in [-0.4, -0.2) is 5.97 Å². The van der Waals surface area contributed by atoms with Gasteiger partial charge in [-0.2, -0.15) is 0 Å². The van der Waals surface area contributed by atoms with Crippen LogP contribution < -0.4 is 10.2 Å². The number of ether oxygens (including phenoxy) is 1. The summed E-state index contributed by atoms with van der Waals surface area (Å²) in [6.07, 6.45) is 1.25. The number of benzene rings is 1. The van der Waals surface area contributed by atoms with Gasteiger partial charge in [-0.3, -0.25) is 4.79 Å². The van der Waals surface area contributed by atoms with E-state index < -0.39 is 11.4 Å². The number of carbonyl (C=O) groups is 1. The van der Waals surface area contributed by atoms with E-state index in [9.17, 15) is 9.59 Å². The Morgan fingerprint density at radius 2 is 1.89 bits per heavy atom. The van der Waals surface area contributed by atoms with Crippen LogP contribution in [0, 0.1) is 6.92 Å². The number of rotatable bonds is 2. The van der Waals surface area contributed by atoms with Crippen LogP contribution in [0.15, 0.2) is 45.8 Å². The number of hydrogen-bond donors (Lipinski definition) is 0. The normalized spacial score (nSPS) is 10.1. The number of esters is 1. The quantitative estimate of drug-likeness (QED) is 0.783. The molecule has 92 valence electrons. The molecule has 0 unspecified atom stereocenters. The first-order valence-corrected chi connectivity index (χ1v) is 5.52. The molecule has 0 aliphatic carbocycles. The van der Waals surface area contributed by atoms with Gasteiger partial charge in [0.2, 0.25) is 11.2 Å². The highest BCUT2D eigenvalue weighted by molar-refractivity contribution is 6.30. The summed E-state index contributed by atoms with van der Waals surface area (Å²) in [6.45, 7) is 1.55. The predicted molar refractivity (Wildman–Crippen MR) is 66.1 cm³/mol. The van der Waals surface area contributed by atoms with Crippen LogP contribution in [0.3, 0.4) is 0 Å². The smallest absolute Gasteiger partial charge is 0.343 e. The van der Waals surface area contributed by atoms with Gasteiger partial charge in [0.05, 0.1) is 11.8 Å². The molecule has 5 heteroatoms. The maximum atomic E-state index is 11.8. The lowest BCUT2D eigenvalue weighted by atomic mass is 10.2. The summed E-state index contributed by atoms with van der Waals surface area (Å²) in [5.41, 5.74) is -0.0943. The van der Waals surface area contributed by atoms with Crippen LogP contribution in [0.4, 0.5) is 0 Å². The Hall–Kier alpha value is -2.07. The first-order valence-electron chi connectivity index (χ1n) is 5.14. The van der Waals surface area contributed by atoms with Gasteiger partial charge in [-0.1, -0.05) is 11.6 Å². The minimum absolute atomic E-state index is 0.0996. The summed E-state index contributed by atoms with van der Waals surface area (Å²) < 4.78 is 10.0. The van der Waals surface area contributed by atoms with E-state index in [0.29, 0.717) is 10.6 Å².